The van der Waals surface area contributed by atoms with E-state index in [0.717, 1.165) is 12.1 Å². The molecule has 0 N–H and O–H groups in total. The smallest absolute Gasteiger partial charge is 0.416 e. The Balaban J connectivity index is 2.95. The van der Waals surface area contributed by atoms with Gasteiger partial charge in [-0.2, -0.15) is 13.2 Å². The number of hydrogen-bond donors (Lipinski definition) is 0. The molecule has 0 bridgehead atoms. The normalized spacial score (nSPS) is 13.0. The highest BCUT2D eigenvalue weighted by molar-refractivity contribution is 5.75. The Bertz CT molecular complexity index is 336. The van der Waals surface area contributed by atoms with Crippen LogP contribution in [0.3, 0.4) is 0 Å². The first kappa shape index (κ1) is 10.6. The highest BCUT2D eigenvalue weighted by atomic mass is 19.4. The quantitative estimate of drug-likeness (QED) is 0.297. The van der Waals surface area contributed by atoms with Crippen molar-refractivity contribution in [2.45, 2.75) is 6.18 Å². The first-order valence-corrected chi connectivity index (χ1v) is 3.81. The second-order valence-electron chi connectivity index (χ2n) is 2.80. The first-order chi connectivity index (χ1) is 6.39. The lowest BCUT2D eigenvalue weighted by Crippen LogP contribution is -2.05. The molecular weight excluding hydrogens is 195 g/mol. The number of alkyl halides is 3. The maximum absolute atomic E-state index is 12.1. The van der Waals surface area contributed by atoms with Crippen molar-refractivity contribution in [3.8, 4) is 0 Å². The van der Waals surface area contributed by atoms with E-state index < -0.39 is 11.7 Å². The summed E-state index contributed by atoms with van der Waals surface area (Å²) in [5.74, 6) is 0. The van der Waals surface area contributed by atoms with Crippen LogP contribution in [0, 0.1) is 5.21 Å². The van der Waals surface area contributed by atoms with Crippen LogP contribution < -0.4 is 0 Å². The molecule has 76 valence electrons. The number of nitrogens with zero attached hydrogens (tertiary/aromatic N) is 1. The van der Waals surface area contributed by atoms with Gasteiger partial charge < -0.3 is 5.21 Å². The summed E-state index contributed by atoms with van der Waals surface area (Å²) in [6.45, 7) is 0. The molecule has 0 aliphatic carbocycles. The Morgan fingerprint density at radius 3 is 2.07 bits per heavy atom. The maximum Gasteiger partial charge on any atom is 0.416 e. The van der Waals surface area contributed by atoms with Crippen molar-refractivity contribution in [3.05, 3.63) is 40.6 Å². The predicted molar refractivity (Wildman–Crippen MR) is 46.2 cm³/mol. The summed E-state index contributed by atoms with van der Waals surface area (Å²) in [4.78, 5) is 0. The zero-order chi connectivity index (χ0) is 10.8. The lowest BCUT2D eigenvalue weighted by molar-refractivity contribution is -0.416. The van der Waals surface area contributed by atoms with Crippen molar-refractivity contribution >= 4 is 6.21 Å². The third-order valence-electron chi connectivity index (χ3n) is 1.57. The van der Waals surface area contributed by atoms with E-state index in [0.29, 0.717) is 10.3 Å². The van der Waals surface area contributed by atoms with E-state index in [1.54, 1.807) is 0 Å². The zero-order valence-corrected chi connectivity index (χ0v) is 7.38. The molecule has 0 unspecified atom stereocenters. The minimum absolute atomic E-state index is 0.440. The highest BCUT2D eigenvalue weighted by Crippen LogP contribution is 2.28. The van der Waals surface area contributed by atoms with Gasteiger partial charge in [-0.25, -0.2) is 4.74 Å². The van der Waals surface area contributed by atoms with Crippen LogP contribution >= 0.6 is 0 Å². The molecule has 0 saturated carbocycles. The van der Waals surface area contributed by atoms with Gasteiger partial charge in [0.2, 0.25) is 0 Å². The summed E-state index contributed by atoms with van der Waals surface area (Å²) < 4.78 is 36.8. The van der Waals surface area contributed by atoms with E-state index in [2.05, 4.69) is 0 Å². The standard InChI is InChI=1S/C9H8F3NO/c1-13(14)6-7-2-4-8(5-3-7)9(10,11)12/h2-6H,1H3/b13-6-. The molecule has 0 spiro atoms. The van der Waals surface area contributed by atoms with Gasteiger partial charge in [0.1, 0.15) is 7.05 Å². The lowest BCUT2D eigenvalue weighted by Gasteiger charge is -2.05. The average Bonchev–Trinajstić information content (AvgIpc) is 2.02. The third kappa shape index (κ3) is 2.76. The third-order valence-corrected chi connectivity index (χ3v) is 1.57. The van der Waals surface area contributed by atoms with Crippen LogP contribution in [0.1, 0.15) is 11.1 Å². The molecule has 0 atom stereocenters. The molecule has 0 aliphatic rings. The molecule has 0 fully saturated rings. The van der Waals surface area contributed by atoms with Gasteiger partial charge >= 0.3 is 6.18 Å². The summed E-state index contributed by atoms with van der Waals surface area (Å²) in [6, 6.07) is 4.37. The van der Waals surface area contributed by atoms with E-state index in [4.69, 9.17) is 0 Å². The van der Waals surface area contributed by atoms with Crippen LogP contribution in [0.15, 0.2) is 24.3 Å². The second-order valence-corrected chi connectivity index (χ2v) is 2.80. The van der Waals surface area contributed by atoms with Crippen LogP contribution in [0.4, 0.5) is 13.2 Å². The molecule has 0 amide bonds. The Morgan fingerprint density at radius 1 is 1.21 bits per heavy atom. The van der Waals surface area contributed by atoms with E-state index in [1.165, 1.54) is 25.4 Å². The fourth-order valence-corrected chi connectivity index (χ4v) is 0.968. The van der Waals surface area contributed by atoms with Crippen molar-refractivity contribution in [2.75, 3.05) is 7.05 Å². The van der Waals surface area contributed by atoms with Crippen LogP contribution in [0.25, 0.3) is 0 Å². The van der Waals surface area contributed by atoms with Gasteiger partial charge in [0, 0.05) is 5.56 Å². The minimum atomic E-state index is -4.33. The summed E-state index contributed by atoms with van der Waals surface area (Å²) in [5.41, 5.74) is -0.279. The van der Waals surface area contributed by atoms with Crippen LogP contribution in [-0.4, -0.2) is 18.0 Å². The van der Waals surface area contributed by atoms with Crippen LogP contribution in [-0.2, 0) is 6.18 Å². The fourth-order valence-electron chi connectivity index (χ4n) is 0.968. The molecule has 1 rings (SSSR count). The number of hydrogen-bond acceptors (Lipinski definition) is 1. The number of halogens is 3. The van der Waals surface area contributed by atoms with Gasteiger partial charge in [-0.15, -0.1) is 0 Å². The molecule has 14 heavy (non-hydrogen) atoms. The summed E-state index contributed by atoms with van der Waals surface area (Å²) in [6.07, 6.45) is -3.14. The summed E-state index contributed by atoms with van der Waals surface area (Å²) in [7, 11) is 1.26. The van der Waals surface area contributed by atoms with Gasteiger partial charge in [0.25, 0.3) is 0 Å². The Labute approximate surface area is 78.9 Å². The van der Waals surface area contributed by atoms with Crippen molar-refractivity contribution in [1.29, 1.82) is 0 Å². The van der Waals surface area contributed by atoms with Crippen molar-refractivity contribution < 1.29 is 17.9 Å². The fraction of sp³-hybridized carbons (Fsp3) is 0.222. The molecule has 1 aromatic carbocycles. The summed E-state index contributed by atoms with van der Waals surface area (Å²) >= 11 is 0. The summed E-state index contributed by atoms with van der Waals surface area (Å²) in [5, 5.41) is 10.5. The Hall–Kier alpha value is -1.52. The van der Waals surface area contributed by atoms with Gasteiger partial charge in [-0.3, -0.25) is 0 Å². The number of rotatable bonds is 1. The zero-order valence-electron chi connectivity index (χ0n) is 7.38. The topological polar surface area (TPSA) is 26.1 Å². The second kappa shape index (κ2) is 3.69. The van der Waals surface area contributed by atoms with Crippen molar-refractivity contribution in [2.24, 2.45) is 0 Å². The lowest BCUT2D eigenvalue weighted by atomic mass is 10.1. The van der Waals surface area contributed by atoms with Gasteiger partial charge in [-0.1, -0.05) is 0 Å². The molecule has 2 nitrogen and oxygen atoms in total. The number of benzene rings is 1. The first-order valence-electron chi connectivity index (χ1n) is 3.81. The molecule has 0 radical (unpaired) electrons. The van der Waals surface area contributed by atoms with Crippen LogP contribution in [0.5, 0.6) is 0 Å². The molecule has 1 aromatic rings. The van der Waals surface area contributed by atoms with E-state index in [-0.39, 0.29) is 0 Å². The molecule has 5 heteroatoms. The van der Waals surface area contributed by atoms with E-state index >= 15 is 0 Å². The molecule has 0 heterocycles. The van der Waals surface area contributed by atoms with E-state index in [9.17, 15) is 18.4 Å². The average molecular weight is 203 g/mol. The molecule has 0 aliphatic heterocycles. The monoisotopic (exact) mass is 203 g/mol. The Morgan fingerprint density at radius 2 is 1.71 bits per heavy atom. The molecule has 0 aromatic heterocycles. The van der Waals surface area contributed by atoms with Gasteiger partial charge in [-0.05, 0) is 24.3 Å². The SMILES string of the molecule is C/[N+]([O-])=C/c1ccc(C(F)(F)F)cc1. The van der Waals surface area contributed by atoms with Gasteiger partial charge in [0.15, 0.2) is 6.21 Å². The molecule has 0 saturated heterocycles. The predicted octanol–water partition coefficient (Wildman–Crippen LogP) is 2.26. The van der Waals surface area contributed by atoms with Crippen molar-refractivity contribution in [1.82, 2.24) is 0 Å². The van der Waals surface area contributed by atoms with Gasteiger partial charge in [0.05, 0.1) is 5.56 Å². The largest absolute Gasteiger partial charge is 0.624 e. The van der Waals surface area contributed by atoms with Crippen LogP contribution in [0.2, 0.25) is 0 Å². The highest BCUT2D eigenvalue weighted by Gasteiger charge is 2.29. The maximum atomic E-state index is 12.1. The number of hydroxylamine groups is 1. The minimum Gasteiger partial charge on any atom is -0.624 e. The Kier molecular flexibility index (Phi) is 2.78. The molecular formula is C9H8F3NO. The van der Waals surface area contributed by atoms with E-state index in [1.807, 2.05) is 0 Å². The van der Waals surface area contributed by atoms with Crippen molar-refractivity contribution in [3.63, 3.8) is 0 Å².